The van der Waals surface area contributed by atoms with E-state index in [-0.39, 0.29) is 0 Å². The molecule has 0 aliphatic carbocycles. The minimum absolute atomic E-state index is 0.309. The number of aliphatic hydroxyl groups is 1. The summed E-state index contributed by atoms with van der Waals surface area (Å²) in [6.07, 6.45) is 3.19. The average Bonchev–Trinajstić information content (AvgIpc) is 2.58. The summed E-state index contributed by atoms with van der Waals surface area (Å²) in [4.78, 5) is 2.35. The third-order valence-corrected chi connectivity index (χ3v) is 4.20. The molecule has 1 atom stereocenters. The number of nitrogen functional groups attached to an aromatic ring is 1. The Morgan fingerprint density at radius 3 is 2.90 bits per heavy atom. The van der Waals surface area contributed by atoms with Crippen molar-refractivity contribution in [2.75, 3.05) is 32.0 Å². The van der Waals surface area contributed by atoms with Crippen molar-refractivity contribution in [1.82, 2.24) is 4.90 Å². The number of β-amino-alcohol motifs (C(OH)–C–C–N with tert-alkyl or cyclic N) is 1. The van der Waals surface area contributed by atoms with Crippen molar-refractivity contribution in [3.05, 3.63) is 24.3 Å². The van der Waals surface area contributed by atoms with Gasteiger partial charge in [0.1, 0.15) is 18.5 Å². The highest BCUT2D eigenvalue weighted by atomic mass is 16.5. The van der Waals surface area contributed by atoms with Gasteiger partial charge in [-0.2, -0.15) is 0 Å². The SMILES string of the molecule is CC1(C)CCCN(CC(O)COc2cccc(N)c2)CC1. The summed E-state index contributed by atoms with van der Waals surface area (Å²) >= 11 is 0. The van der Waals surface area contributed by atoms with Gasteiger partial charge < -0.3 is 20.5 Å². The molecule has 0 saturated carbocycles. The molecule has 2 rings (SSSR count). The molecule has 4 heteroatoms. The van der Waals surface area contributed by atoms with Crippen LogP contribution in [0.2, 0.25) is 0 Å². The van der Waals surface area contributed by atoms with E-state index in [1.54, 1.807) is 6.07 Å². The first-order valence-electron chi connectivity index (χ1n) is 7.83. The van der Waals surface area contributed by atoms with Crippen LogP contribution in [-0.2, 0) is 0 Å². The Bertz CT molecular complexity index is 448. The zero-order chi connectivity index (χ0) is 15.3. The zero-order valence-corrected chi connectivity index (χ0v) is 13.2. The molecule has 1 aromatic rings. The first-order valence-corrected chi connectivity index (χ1v) is 7.83. The molecule has 0 spiro atoms. The van der Waals surface area contributed by atoms with Crippen molar-refractivity contribution in [2.24, 2.45) is 5.41 Å². The Labute approximate surface area is 127 Å². The van der Waals surface area contributed by atoms with Gasteiger partial charge in [0.05, 0.1) is 0 Å². The molecular weight excluding hydrogens is 264 g/mol. The molecule has 0 aromatic heterocycles. The van der Waals surface area contributed by atoms with Crippen LogP contribution in [0.15, 0.2) is 24.3 Å². The van der Waals surface area contributed by atoms with Crippen molar-refractivity contribution in [3.8, 4) is 5.75 Å². The Morgan fingerprint density at radius 1 is 1.33 bits per heavy atom. The van der Waals surface area contributed by atoms with Crippen molar-refractivity contribution in [3.63, 3.8) is 0 Å². The quantitative estimate of drug-likeness (QED) is 0.819. The van der Waals surface area contributed by atoms with E-state index in [9.17, 15) is 5.11 Å². The van der Waals surface area contributed by atoms with Gasteiger partial charge in [0, 0.05) is 18.3 Å². The van der Waals surface area contributed by atoms with Crippen molar-refractivity contribution >= 4 is 5.69 Å². The van der Waals surface area contributed by atoms with Gasteiger partial charge in [-0.3, -0.25) is 0 Å². The van der Waals surface area contributed by atoms with Crippen LogP contribution in [0.25, 0.3) is 0 Å². The minimum atomic E-state index is -0.465. The molecule has 21 heavy (non-hydrogen) atoms. The molecule has 118 valence electrons. The summed E-state index contributed by atoms with van der Waals surface area (Å²) in [6.45, 7) is 7.77. The Morgan fingerprint density at radius 2 is 2.14 bits per heavy atom. The van der Waals surface area contributed by atoms with E-state index >= 15 is 0 Å². The number of nitrogens with two attached hydrogens (primary N) is 1. The topological polar surface area (TPSA) is 58.7 Å². The molecule has 1 heterocycles. The molecule has 1 aromatic carbocycles. The van der Waals surface area contributed by atoms with Crippen LogP contribution in [0.4, 0.5) is 5.69 Å². The van der Waals surface area contributed by atoms with Gasteiger partial charge in [-0.05, 0) is 49.9 Å². The average molecular weight is 292 g/mol. The molecule has 4 nitrogen and oxygen atoms in total. The maximum Gasteiger partial charge on any atom is 0.121 e. The lowest BCUT2D eigenvalue weighted by Crippen LogP contribution is -2.36. The fourth-order valence-corrected chi connectivity index (χ4v) is 2.81. The first-order chi connectivity index (χ1) is 9.94. The molecule has 1 aliphatic heterocycles. The highest BCUT2D eigenvalue weighted by Crippen LogP contribution is 2.29. The molecule has 1 fully saturated rings. The standard InChI is InChI=1S/C17H28N2O2/c1-17(2)7-4-9-19(10-8-17)12-15(20)13-21-16-6-3-5-14(18)11-16/h3,5-6,11,15,20H,4,7-10,12-13,18H2,1-2H3. The Kier molecular flexibility index (Phi) is 5.48. The molecule has 0 bridgehead atoms. The van der Waals surface area contributed by atoms with Crippen LogP contribution in [0.5, 0.6) is 5.75 Å². The van der Waals surface area contributed by atoms with Gasteiger partial charge in [0.15, 0.2) is 0 Å². The third-order valence-electron chi connectivity index (χ3n) is 4.20. The van der Waals surface area contributed by atoms with Crippen LogP contribution in [0.1, 0.15) is 33.1 Å². The highest BCUT2D eigenvalue weighted by molar-refractivity contribution is 5.43. The summed E-state index contributed by atoms with van der Waals surface area (Å²) in [5, 5.41) is 10.2. The van der Waals surface area contributed by atoms with Crippen molar-refractivity contribution in [1.29, 1.82) is 0 Å². The van der Waals surface area contributed by atoms with Crippen LogP contribution >= 0.6 is 0 Å². The largest absolute Gasteiger partial charge is 0.491 e. The van der Waals surface area contributed by atoms with E-state index in [0.29, 0.717) is 30.0 Å². The smallest absolute Gasteiger partial charge is 0.121 e. The molecular formula is C17H28N2O2. The zero-order valence-electron chi connectivity index (χ0n) is 13.2. The summed E-state index contributed by atoms with van der Waals surface area (Å²) in [5.74, 6) is 0.714. The maximum absolute atomic E-state index is 10.2. The van der Waals surface area contributed by atoms with Gasteiger partial charge in [0.25, 0.3) is 0 Å². The molecule has 0 radical (unpaired) electrons. The van der Waals surface area contributed by atoms with Crippen LogP contribution in [0.3, 0.4) is 0 Å². The summed E-state index contributed by atoms with van der Waals surface area (Å²) in [5.41, 5.74) is 6.81. The summed E-state index contributed by atoms with van der Waals surface area (Å²) in [6, 6.07) is 7.31. The first kappa shape index (κ1) is 16.1. The normalized spacial score (nSPS) is 20.7. The predicted molar refractivity (Wildman–Crippen MR) is 86.4 cm³/mol. The Hall–Kier alpha value is -1.26. The van der Waals surface area contributed by atoms with Gasteiger partial charge in [-0.1, -0.05) is 19.9 Å². The van der Waals surface area contributed by atoms with E-state index in [2.05, 4.69) is 18.7 Å². The number of rotatable bonds is 5. The lowest BCUT2D eigenvalue weighted by molar-refractivity contribution is 0.0684. The second kappa shape index (κ2) is 7.14. The summed E-state index contributed by atoms with van der Waals surface area (Å²) < 4.78 is 5.61. The monoisotopic (exact) mass is 292 g/mol. The molecule has 1 unspecified atom stereocenters. The number of hydrogen-bond acceptors (Lipinski definition) is 4. The van der Waals surface area contributed by atoms with Crippen LogP contribution < -0.4 is 10.5 Å². The second-order valence-electron chi connectivity index (χ2n) is 6.86. The number of likely N-dealkylation sites (tertiary alicyclic amines) is 1. The number of hydrogen-bond donors (Lipinski definition) is 2. The molecule has 1 saturated heterocycles. The van der Waals surface area contributed by atoms with E-state index in [4.69, 9.17) is 10.5 Å². The van der Waals surface area contributed by atoms with Gasteiger partial charge >= 0.3 is 0 Å². The number of ether oxygens (including phenoxy) is 1. The van der Waals surface area contributed by atoms with Gasteiger partial charge in [0.2, 0.25) is 0 Å². The highest BCUT2D eigenvalue weighted by Gasteiger charge is 2.24. The molecule has 0 amide bonds. The minimum Gasteiger partial charge on any atom is -0.491 e. The second-order valence-corrected chi connectivity index (χ2v) is 6.86. The van der Waals surface area contributed by atoms with E-state index < -0.39 is 6.10 Å². The van der Waals surface area contributed by atoms with Gasteiger partial charge in [-0.25, -0.2) is 0 Å². The fourth-order valence-electron chi connectivity index (χ4n) is 2.81. The van der Waals surface area contributed by atoms with E-state index in [1.165, 1.54) is 19.3 Å². The number of benzene rings is 1. The maximum atomic E-state index is 10.2. The number of nitrogens with zero attached hydrogens (tertiary/aromatic N) is 1. The van der Waals surface area contributed by atoms with Gasteiger partial charge in [-0.15, -0.1) is 0 Å². The lowest BCUT2D eigenvalue weighted by atomic mass is 9.85. The van der Waals surface area contributed by atoms with Crippen LogP contribution in [0, 0.1) is 5.41 Å². The molecule has 3 N–H and O–H groups in total. The third kappa shape index (κ3) is 5.56. The van der Waals surface area contributed by atoms with E-state index in [0.717, 1.165) is 13.1 Å². The van der Waals surface area contributed by atoms with E-state index in [1.807, 2.05) is 18.2 Å². The molecule has 1 aliphatic rings. The predicted octanol–water partition coefficient (Wildman–Crippen LogP) is 2.52. The number of aliphatic hydroxyl groups excluding tert-OH is 1. The number of anilines is 1. The lowest BCUT2D eigenvalue weighted by Gasteiger charge is -2.25. The van der Waals surface area contributed by atoms with Crippen molar-refractivity contribution in [2.45, 2.75) is 39.2 Å². The fraction of sp³-hybridized carbons (Fsp3) is 0.647. The van der Waals surface area contributed by atoms with Crippen molar-refractivity contribution < 1.29 is 9.84 Å². The Balaban J connectivity index is 1.75. The summed E-state index contributed by atoms with van der Waals surface area (Å²) in [7, 11) is 0. The van der Waals surface area contributed by atoms with Crippen LogP contribution in [-0.4, -0.2) is 42.4 Å².